The molecule has 0 aromatic carbocycles. The smallest absolute Gasteiger partial charge is 0.213 e. The van der Waals surface area contributed by atoms with Crippen molar-refractivity contribution in [2.45, 2.75) is 25.7 Å². The van der Waals surface area contributed by atoms with Crippen molar-refractivity contribution in [2.24, 2.45) is 7.05 Å². The highest BCUT2D eigenvalue weighted by Crippen LogP contribution is 2.28. The first-order chi connectivity index (χ1) is 11.5. The zero-order valence-electron chi connectivity index (χ0n) is 13.6. The fourth-order valence-electron chi connectivity index (χ4n) is 3.20. The topological polar surface area (TPSA) is 98.3 Å². The van der Waals surface area contributed by atoms with Gasteiger partial charge in [0, 0.05) is 26.1 Å². The number of sulfonamides is 1. The van der Waals surface area contributed by atoms with Gasteiger partial charge in [-0.1, -0.05) is 0 Å². The summed E-state index contributed by atoms with van der Waals surface area (Å²) in [4.78, 5) is 9.03. The molecule has 1 aliphatic heterocycles. The Labute approximate surface area is 139 Å². The van der Waals surface area contributed by atoms with E-state index in [9.17, 15) is 8.42 Å². The fraction of sp³-hybridized carbons (Fsp3) is 0.571. The van der Waals surface area contributed by atoms with Gasteiger partial charge >= 0.3 is 0 Å². The van der Waals surface area contributed by atoms with Gasteiger partial charge in [0.1, 0.15) is 6.33 Å². The summed E-state index contributed by atoms with van der Waals surface area (Å²) in [5.74, 6) is 1.07. The lowest BCUT2D eigenvalue weighted by atomic mass is 9.98. The lowest BCUT2D eigenvalue weighted by molar-refractivity contribution is 0.314. The average Bonchev–Trinajstić information content (AvgIpc) is 3.18. The number of hydrogen-bond donors (Lipinski definition) is 0. The van der Waals surface area contributed by atoms with Crippen molar-refractivity contribution < 1.29 is 8.42 Å². The van der Waals surface area contributed by atoms with Crippen LogP contribution in [0.3, 0.4) is 0 Å². The summed E-state index contributed by atoms with van der Waals surface area (Å²) in [7, 11) is -1.27. The molecule has 0 radical (unpaired) electrons. The van der Waals surface area contributed by atoms with E-state index in [2.05, 4.69) is 20.2 Å². The highest BCUT2D eigenvalue weighted by atomic mass is 32.2. The molecule has 24 heavy (non-hydrogen) atoms. The summed E-state index contributed by atoms with van der Waals surface area (Å²) >= 11 is 0. The molecule has 0 aliphatic carbocycles. The van der Waals surface area contributed by atoms with Gasteiger partial charge in [0.15, 0.2) is 17.1 Å². The molecule has 1 saturated heterocycles. The van der Waals surface area contributed by atoms with Crippen LogP contribution in [0.25, 0.3) is 16.7 Å². The van der Waals surface area contributed by atoms with Crippen LogP contribution in [0.4, 0.5) is 0 Å². The van der Waals surface area contributed by atoms with Crippen molar-refractivity contribution >= 4 is 26.7 Å². The molecule has 4 heterocycles. The van der Waals surface area contributed by atoms with E-state index in [1.54, 1.807) is 33.0 Å². The van der Waals surface area contributed by atoms with Gasteiger partial charge in [0.05, 0.1) is 17.3 Å². The van der Waals surface area contributed by atoms with Gasteiger partial charge in [-0.05, 0) is 19.8 Å². The molecule has 10 heteroatoms. The van der Waals surface area contributed by atoms with E-state index in [-0.39, 0.29) is 11.7 Å². The Balaban J connectivity index is 1.63. The predicted octanol–water partition coefficient (Wildman–Crippen LogP) is 0.540. The number of hydrogen-bond acceptors (Lipinski definition) is 6. The number of aromatic nitrogens is 6. The van der Waals surface area contributed by atoms with Crippen molar-refractivity contribution in [3.63, 3.8) is 0 Å². The van der Waals surface area contributed by atoms with Gasteiger partial charge in [-0.25, -0.2) is 27.2 Å². The van der Waals surface area contributed by atoms with E-state index < -0.39 is 10.0 Å². The first kappa shape index (κ1) is 15.5. The second-order valence-electron chi connectivity index (χ2n) is 6.06. The molecular formula is C14H19N7O2S. The number of fused-ring (bicyclic) bond motifs is 3. The van der Waals surface area contributed by atoms with Gasteiger partial charge in [0.2, 0.25) is 10.0 Å². The zero-order valence-corrected chi connectivity index (χ0v) is 14.4. The summed E-state index contributed by atoms with van der Waals surface area (Å²) in [6.45, 7) is 2.73. The second-order valence-corrected chi connectivity index (χ2v) is 8.32. The molecule has 0 atom stereocenters. The Bertz CT molecular complexity index is 999. The summed E-state index contributed by atoms with van der Waals surface area (Å²) in [6.07, 6.45) is 4.86. The second kappa shape index (κ2) is 5.49. The molecule has 0 saturated carbocycles. The molecular weight excluding hydrogens is 330 g/mol. The molecule has 0 N–H and O–H groups in total. The van der Waals surface area contributed by atoms with Gasteiger partial charge < -0.3 is 0 Å². The standard InChI is InChI=1S/C14H19N7O2S/c1-3-24(22,23)20-6-4-10(5-7-20)12-17-14-11-8-16-19(2)13(11)15-9-21(14)18-12/h8-10H,3-7H2,1-2H3. The predicted molar refractivity (Wildman–Crippen MR) is 88.1 cm³/mol. The number of rotatable bonds is 3. The molecule has 4 rings (SSSR count). The van der Waals surface area contributed by atoms with Gasteiger partial charge in [-0.15, -0.1) is 5.10 Å². The molecule has 0 spiro atoms. The fourth-order valence-corrected chi connectivity index (χ4v) is 4.34. The number of aryl methyl sites for hydroxylation is 1. The van der Waals surface area contributed by atoms with E-state index in [4.69, 9.17) is 0 Å². The van der Waals surface area contributed by atoms with E-state index in [1.807, 2.05) is 7.05 Å². The lowest BCUT2D eigenvalue weighted by Gasteiger charge is -2.29. The number of nitrogens with zero attached hydrogens (tertiary/aromatic N) is 7. The van der Waals surface area contributed by atoms with Crippen molar-refractivity contribution in [1.82, 2.24) is 33.7 Å². The van der Waals surface area contributed by atoms with Crippen LogP contribution in [0.15, 0.2) is 12.5 Å². The van der Waals surface area contributed by atoms with Gasteiger partial charge in [-0.3, -0.25) is 4.68 Å². The maximum atomic E-state index is 12.0. The minimum absolute atomic E-state index is 0.148. The van der Waals surface area contributed by atoms with E-state index in [1.165, 1.54) is 0 Å². The van der Waals surface area contributed by atoms with Crippen LogP contribution in [-0.4, -0.2) is 60.9 Å². The molecule has 3 aromatic heterocycles. The van der Waals surface area contributed by atoms with Crippen LogP contribution in [0.2, 0.25) is 0 Å². The molecule has 0 unspecified atom stereocenters. The molecule has 0 bridgehead atoms. The van der Waals surface area contributed by atoms with Crippen molar-refractivity contribution in [3.05, 3.63) is 18.3 Å². The largest absolute Gasteiger partial charge is 0.250 e. The minimum Gasteiger partial charge on any atom is -0.250 e. The molecule has 128 valence electrons. The Morgan fingerprint density at radius 2 is 2.00 bits per heavy atom. The number of piperidine rings is 1. The SMILES string of the molecule is CCS(=O)(=O)N1CCC(c2nc3c4cnn(C)c4ncn3n2)CC1. The van der Waals surface area contributed by atoms with E-state index in [0.717, 1.165) is 35.3 Å². The van der Waals surface area contributed by atoms with Crippen molar-refractivity contribution in [3.8, 4) is 0 Å². The average molecular weight is 349 g/mol. The Hall–Kier alpha value is -2.07. The highest BCUT2D eigenvalue weighted by molar-refractivity contribution is 7.89. The van der Waals surface area contributed by atoms with Gasteiger partial charge in [0.25, 0.3) is 0 Å². The maximum absolute atomic E-state index is 12.0. The highest BCUT2D eigenvalue weighted by Gasteiger charge is 2.29. The van der Waals surface area contributed by atoms with Crippen LogP contribution < -0.4 is 0 Å². The van der Waals surface area contributed by atoms with Crippen LogP contribution in [0, 0.1) is 0 Å². The molecule has 1 fully saturated rings. The third-order valence-corrected chi connectivity index (χ3v) is 6.54. The minimum atomic E-state index is -3.11. The molecule has 3 aromatic rings. The summed E-state index contributed by atoms with van der Waals surface area (Å²) in [6, 6.07) is 0. The van der Waals surface area contributed by atoms with E-state index in [0.29, 0.717) is 13.1 Å². The lowest BCUT2D eigenvalue weighted by Crippen LogP contribution is -2.38. The first-order valence-electron chi connectivity index (χ1n) is 8.00. The molecule has 0 amide bonds. The summed E-state index contributed by atoms with van der Waals surface area (Å²) < 4.78 is 28.9. The Morgan fingerprint density at radius 3 is 2.71 bits per heavy atom. The Kier molecular flexibility index (Phi) is 3.53. The van der Waals surface area contributed by atoms with Crippen LogP contribution in [0.5, 0.6) is 0 Å². The van der Waals surface area contributed by atoms with Crippen LogP contribution >= 0.6 is 0 Å². The first-order valence-corrected chi connectivity index (χ1v) is 9.61. The normalized spacial score (nSPS) is 17.9. The monoisotopic (exact) mass is 349 g/mol. The van der Waals surface area contributed by atoms with E-state index >= 15 is 0 Å². The van der Waals surface area contributed by atoms with Crippen molar-refractivity contribution in [2.75, 3.05) is 18.8 Å². The summed E-state index contributed by atoms with van der Waals surface area (Å²) in [5.41, 5.74) is 1.51. The van der Waals surface area contributed by atoms with Crippen LogP contribution in [-0.2, 0) is 17.1 Å². The Morgan fingerprint density at radius 1 is 1.25 bits per heavy atom. The molecule has 9 nitrogen and oxygen atoms in total. The zero-order chi connectivity index (χ0) is 16.9. The molecule has 1 aliphatic rings. The third-order valence-electron chi connectivity index (χ3n) is 4.66. The quantitative estimate of drug-likeness (QED) is 0.684. The van der Waals surface area contributed by atoms with Crippen LogP contribution in [0.1, 0.15) is 31.5 Å². The van der Waals surface area contributed by atoms with Crippen molar-refractivity contribution in [1.29, 1.82) is 0 Å². The van der Waals surface area contributed by atoms with Gasteiger partial charge in [-0.2, -0.15) is 5.10 Å². The maximum Gasteiger partial charge on any atom is 0.213 e. The third kappa shape index (κ3) is 2.37. The summed E-state index contributed by atoms with van der Waals surface area (Å²) in [5, 5.41) is 9.62.